The molecule has 0 spiro atoms. The maximum Gasteiger partial charge on any atom is 0.0720 e. The molecule has 1 aromatic carbocycles. The Morgan fingerprint density at radius 2 is 2.12 bits per heavy atom. The van der Waals surface area contributed by atoms with Crippen molar-refractivity contribution in [2.45, 2.75) is 32.0 Å². The molecule has 0 fully saturated rings. The summed E-state index contributed by atoms with van der Waals surface area (Å²) in [5, 5.41) is 11.3. The molecule has 0 heterocycles. The fourth-order valence-electron chi connectivity index (χ4n) is 1.56. The predicted molar refractivity (Wildman–Crippen MR) is 69.3 cm³/mol. The highest BCUT2D eigenvalue weighted by Crippen LogP contribution is 2.10. The van der Waals surface area contributed by atoms with Crippen molar-refractivity contribution in [3.63, 3.8) is 0 Å². The lowest BCUT2D eigenvalue weighted by Crippen LogP contribution is -2.12. The molecule has 0 bridgehead atoms. The maximum absolute atomic E-state index is 8.33. The number of rotatable bonds is 8. The van der Waals surface area contributed by atoms with E-state index in [0.717, 1.165) is 18.4 Å². The largest absolute Gasteiger partial charge is 0.411 e. The van der Waals surface area contributed by atoms with Crippen molar-refractivity contribution in [2.24, 2.45) is 5.16 Å². The molecule has 0 saturated heterocycles. The van der Waals surface area contributed by atoms with E-state index in [-0.39, 0.29) is 6.10 Å². The van der Waals surface area contributed by atoms with Crippen molar-refractivity contribution in [2.75, 3.05) is 0 Å². The van der Waals surface area contributed by atoms with Crippen molar-refractivity contribution in [3.8, 4) is 0 Å². The van der Waals surface area contributed by atoms with Crippen LogP contribution in [0.5, 0.6) is 0 Å². The molecule has 1 N–H and O–H groups in total. The number of hydrogen-bond acceptors (Lipinski definition) is 3. The zero-order chi connectivity index (χ0) is 12.3. The monoisotopic (exact) mass is 233 g/mol. The summed E-state index contributed by atoms with van der Waals surface area (Å²) < 4.78 is 5.80. The topological polar surface area (TPSA) is 41.8 Å². The number of benzene rings is 1. The summed E-state index contributed by atoms with van der Waals surface area (Å²) in [5.74, 6) is 0. The van der Waals surface area contributed by atoms with Crippen LogP contribution < -0.4 is 0 Å². The molecule has 0 aliphatic heterocycles. The van der Waals surface area contributed by atoms with Crippen LogP contribution in [0.3, 0.4) is 0 Å². The van der Waals surface area contributed by atoms with Gasteiger partial charge in [-0.3, -0.25) is 0 Å². The summed E-state index contributed by atoms with van der Waals surface area (Å²) in [6.45, 7) is 4.33. The molecule has 1 atom stereocenters. The Kier molecular flexibility index (Phi) is 6.75. The number of nitrogens with zero attached hydrogens (tertiary/aromatic N) is 1. The van der Waals surface area contributed by atoms with Crippen molar-refractivity contribution in [3.05, 3.63) is 48.6 Å². The van der Waals surface area contributed by atoms with E-state index in [0.29, 0.717) is 13.0 Å². The van der Waals surface area contributed by atoms with Crippen LogP contribution in [0.2, 0.25) is 0 Å². The van der Waals surface area contributed by atoms with Crippen LogP contribution in [0, 0.1) is 0 Å². The van der Waals surface area contributed by atoms with E-state index in [4.69, 9.17) is 9.94 Å². The lowest BCUT2D eigenvalue weighted by atomic mass is 10.1. The van der Waals surface area contributed by atoms with Crippen molar-refractivity contribution >= 4 is 6.21 Å². The van der Waals surface area contributed by atoms with E-state index in [1.165, 1.54) is 6.21 Å². The van der Waals surface area contributed by atoms with Gasteiger partial charge in [0.2, 0.25) is 0 Å². The van der Waals surface area contributed by atoms with Crippen LogP contribution in [0.1, 0.15) is 24.8 Å². The Balaban J connectivity index is 2.35. The third-order valence-electron chi connectivity index (χ3n) is 2.46. The van der Waals surface area contributed by atoms with E-state index in [1.54, 1.807) is 0 Å². The highest BCUT2D eigenvalue weighted by Gasteiger charge is 2.06. The quantitative estimate of drug-likeness (QED) is 0.323. The van der Waals surface area contributed by atoms with E-state index in [2.05, 4.69) is 11.7 Å². The van der Waals surface area contributed by atoms with Crippen LogP contribution in [0.25, 0.3) is 0 Å². The van der Waals surface area contributed by atoms with E-state index >= 15 is 0 Å². The van der Waals surface area contributed by atoms with Gasteiger partial charge in [0.15, 0.2) is 0 Å². The molecule has 0 aromatic heterocycles. The lowest BCUT2D eigenvalue weighted by Gasteiger charge is -2.15. The van der Waals surface area contributed by atoms with Gasteiger partial charge in [-0.15, -0.1) is 11.7 Å². The molecule has 1 unspecified atom stereocenters. The van der Waals surface area contributed by atoms with Gasteiger partial charge >= 0.3 is 0 Å². The Bertz CT molecular complexity index is 335. The van der Waals surface area contributed by atoms with Crippen LogP contribution in [-0.4, -0.2) is 17.5 Å². The molecular weight excluding hydrogens is 214 g/mol. The molecular formula is C14H19NO2. The minimum atomic E-state index is 0.130. The number of oxime groups is 1. The summed E-state index contributed by atoms with van der Waals surface area (Å²) in [5.41, 5.74) is 1.16. The average molecular weight is 233 g/mol. The summed E-state index contributed by atoms with van der Waals surface area (Å²) >= 11 is 0. The number of hydrogen-bond donors (Lipinski definition) is 1. The Morgan fingerprint density at radius 3 is 2.76 bits per heavy atom. The minimum absolute atomic E-state index is 0.130. The van der Waals surface area contributed by atoms with Crippen LogP contribution in [-0.2, 0) is 11.3 Å². The van der Waals surface area contributed by atoms with Crippen molar-refractivity contribution in [1.82, 2.24) is 0 Å². The smallest absolute Gasteiger partial charge is 0.0720 e. The third-order valence-corrected chi connectivity index (χ3v) is 2.46. The van der Waals surface area contributed by atoms with Gasteiger partial charge in [-0.25, -0.2) is 0 Å². The maximum atomic E-state index is 8.33. The van der Waals surface area contributed by atoms with Gasteiger partial charge in [0, 0.05) is 6.21 Å². The first kappa shape index (κ1) is 13.5. The Morgan fingerprint density at radius 1 is 1.35 bits per heavy atom. The predicted octanol–water partition coefficient (Wildman–Crippen LogP) is 3.39. The molecule has 0 amide bonds. The van der Waals surface area contributed by atoms with Crippen LogP contribution in [0.4, 0.5) is 0 Å². The molecule has 0 aliphatic rings. The van der Waals surface area contributed by atoms with E-state index < -0.39 is 0 Å². The normalized spacial score (nSPS) is 12.7. The van der Waals surface area contributed by atoms with Crippen molar-refractivity contribution < 1.29 is 9.94 Å². The van der Waals surface area contributed by atoms with Gasteiger partial charge in [0.1, 0.15) is 0 Å². The highest BCUT2D eigenvalue weighted by atomic mass is 16.5. The summed E-state index contributed by atoms with van der Waals surface area (Å²) in [7, 11) is 0. The van der Waals surface area contributed by atoms with E-state index in [9.17, 15) is 0 Å². The first-order chi connectivity index (χ1) is 8.36. The van der Waals surface area contributed by atoms with Crippen LogP contribution >= 0.6 is 0 Å². The second-order valence-corrected chi connectivity index (χ2v) is 3.82. The molecule has 0 aliphatic carbocycles. The van der Waals surface area contributed by atoms with Gasteiger partial charge in [-0.05, 0) is 24.8 Å². The fraction of sp³-hybridized carbons (Fsp3) is 0.357. The average Bonchev–Trinajstić information content (AvgIpc) is 2.37. The molecule has 1 aromatic rings. The molecule has 0 radical (unpaired) electrons. The number of ether oxygens (including phenoxy) is 1. The SMILES string of the molecule is C=CCC(CC/C=N/O)OCc1ccccc1. The Labute approximate surface area is 102 Å². The first-order valence-corrected chi connectivity index (χ1v) is 5.79. The first-order valence-electron chi connectivity index (χ1n) is 5.79. The van der Waals surface area contributed by atoms with Gasteiger partial charge in [-0.2, -0.15) is 0 Å². The van der Waals surface area contributed by atoms with Gasteiger partial charge in [0.25, 0.3) is 0 Å². The standard InChI is InChI=1S/C14H19NO2/c1-2-7-14(10-6-11-15-16)17-12-13-8-4-3-5-9-13/h2-5,8-9,11,14,16H,1,6-7,10,12H2/b15-11+. The zero-order valence-electron chi connectivity index (χ0n) is 9.96. The van der Waals surface area contributed by atoms with Gasteiger partial charge in [-0.1, -0.05) is 36.4 Å². The zero-order valence-corrected chi connectivity index (χ0v) is 9.96. The van der Waals surface area contributed by atoms with Crippen molar-refractivity contribution in [1.29, 1.82) is 0 Å². The molecule has 3 nitrogen and oxygen atoms in total. The second-order valence-electron chi connectivity index (χ2n) is 3.82. The van der Waals surface area contributed by atoms with E-state index in [1.807, 2.05) is 36.4 Å². The van der Waals surface area contributed by atoms with Crippen LogP contribution in [0.15, 0.2) is 48.1 Å². The molecule has 92 valence electrons. The molecule has 17 heavy (non-hydrogen) atoms. The fourth-order valence-corrected chi connectivity index (χ4v) is 1.56. The summed E-state index contributed by atoms with van der Waals surface area (Å²) in [6, 6.07) is 10.1. The minimum Gasteiger partial charge on any atom is -0.411 e. The van der Waals surface area contributed by atoms with Gasteiger partial charge < -0.3 is 9.94 Å². The summed E-state index contributed by atoms with van der Waals surface area (Å²) in [6.07, 6.45) is 5.83. The van der Waals surface area contributed by atoms with Gasteiger partial charge in [0.05, 0.1) is 12.7 Å². The lowest BCUT2D eigenvalue weighted by molar-refractivity contribution is 0.0385. The Hall–Kier alpha value is -1.61. The molecule has 0 saturated carbocycles. The molecule has 1 rings (SSSR count). The third kappa shape index (κ3) is 5.88. The molecule has 3 heteroatoms. The summed E-state index contributed by atoms with van der Waals surface area (Å²) in [4.78, 5) is 0. The second kappa shape index (κ2) is 8.53. The highest BCUT2D eigenvalue weighted by molar-refractivity contribution is 5.55.